The van der Waals surface area contributed by atoms with E-state index in [0.29, 0.717) is 18.0 Å². The van der Waals surface area contributed by atoms with Gasteiger partial charge in [0.15, 0.2) is 6.10 Å². The fraction of sp³-hybridized carbons (Fsp3) is 0.333. The number of hydrogen-bond acceptors (Lipinski definition) is 4. The molecule has 1 aromatic heterocycles. The van der Waals surface area contributed by atoms with E-state index in [0.717, 1.165) is 34.1 Å². The van der Waals surface area contributed by atoms with Crippen molar-refractivity contribution < 1.29 is 18.7 Å². The molecule has 4 rings (SSSR count). The predicted molar refractivity (Wildman–Crippen MR) is 116 cm³/mol. The van der Waals surface area contributed by atoms with Crippen LogP contribution < -0.4 is 15.0 Å². The number of furan rings is 1. The largest absolute Gasteiger partial charge is 0.477 e. The summed E-state index contributed by atoms with van der Waals surface area (Å²) in [5.74, 6) is 0.237. The van der Waals surface area contributed by atoms with Crippen molar-refractivity contribution in [1.82, 2.24) is 5.32 Å². The number of carbonyl (C=O) groups is 2. The first-order valence-electron chi connectivity index (χ1n) is 10.3. The molecule has 0 bridgehead atoms. The number of benzene rings is 2. The lowest BCUT2D eigenvalue weighted by molar-refractivity contribution is -0.128. The molecule has 2 aromatic carbocycles. The summed E-state index contributed by atoms with van der Waals surface area (Å²) < 4.78 is 11.6. The Morgan fingerprint density at radius 3 is 2.77 bits per heavy atom. The van der Waals surface area contributed by atoms with E-state index in [2.05, 4.69) is 5.32 Å². The number of nitrogens with one attached hydrogen (secondary N) is 1. The molecule has 6 heteroatoms. The minimum atomic E-state index is -0.735. The zero-order valence-electron chi connectivity index (χ0n) is 17.5. The monoisotopic (exact) mass is 406 g/mol. The average Bonchev–Trinajstić information content (AvgIpc) is 3.16. The van der Waals surface area contributed by atoms with E-state index in [4.69, 9.17) is 9.15 Å². The van der Waals surface area contributed by atoms with Crippen LogP contribution in [-0.4, -0.2) is 31.0 Å². The molecule has 2 amide bonds. The lowest BCUT2D eigenvalue weighted by Gasteiger charge is -2.34. The summed E-state index contributed by atoms with van der Waals surface area (Å²) in [6, 6.07) is 11.4. The highest BCUT2D eigenvalue weighted by Gasteiger charge is 2.33. The minimum absolute atomic E-state index is 0.0973. The first kappa shape index (κ1) is 20.0. The number of rotatable bonds is 5. The summed E-state index contributed by atoms with van der Waals surface area (Å²) in [4.78, 5) is 27.5. The Hall–Kier alpha value is -3.28. The zero-order chi connectivity index (χ0) is 21.3. The number of anilines is 1. The smallest absolute Gasteiger partial charge is 0.262 e. The highest BCUT2D eigenvalue weighted by molar-refractivity contribution is 6.00. The third-order valence-corrected chi connectivity index (χ3v) is 5.60. The highest BCUT2D eigenvalue weighted by Crippen LogP contribution is 2.34. The molecule has 0 saturated carbocycles. The number of amides is 2. The number of ether oxygens (including phenoxy) is 1. The molecule has 0 aliphatic carbocycles. The molecule has 30 heavy (non-hydrogen) atoms. The maximum absolute atomic E-state index is 13.3. The van der Waals surface area contributed by atoms with Crippen LogP contribution in [0.1, 0.15) is 30.0 Å². The van der Waals surface area contributed by atoms with Crippen LogP contribution >= 0.6 is 0 Å². The van der Waals surface area contributed by atoms with Crippen molar-refractivity contribution in [3.63, 3.8) is 0 Å². The third kappa shape index (κ3) is 3.65. The lowest BCUT2D eigenvalue weighted by Crippen LogP contribution is -2.51. The van der Waals surface area contributed by atoms with E-state index in [1.807, 2.05) is 51.1 Å². The first-order valence-corrected chi connectivity index (χ1v) is 10.3. The van der Waals surface area contributed by atoms with Gasteiger partial charge in [0, 0.05) is 17.5 Å². The van der Waals surface area contributed by atoms with E-state index in [9.17, 15) is 9.59 Å². The van der Waals surface area contributed by atoms with E-state index >= 15 is 0 Å². The van der Waals surface area contributed by atoms with Gasteiger partial charge >= 0.3 is 0 Å². The Morgan fingerprint density at radius 1 is 1.17 bits per heavy atom. The maximum atomic E-state index is 13.3. The van der Waals surface area contributed by atoms with Crippen LogP contribution in [0.3, 0.4) is 0 Å². The van der Waals surface area contributed by atoms with Gasteiger partial charge in [-0.3, -0.25) is 9.59 Å². The van der Waals surface area contributed by atoms with Gasteiger partial charge < -0.3 is 19.4 Å². The van der Waals surface area contributed by atoms with Crippen LogP contribution in [0.25, 0.3) is 11.0 Å². The maximum Gasteiger partial charge on any atom is 0.262 e. The van der Waals surface area contributed by atoms with E-state index in [1.54, 1.807) is 17.2 Å². The lowest BCUT2D eigenvalue weighted by atomic mass is 10.0. The van der Waals surface area contributed by atoms with Crippen LogP contribution in [0, 0.1) is 13.8 Å². The zero-order valence-corrected chi connectivity index (χ0v) is 17.5. The number of carbonyl (C=O) groups excluding carboxylic acids is 2. The molecule has 1 N–H and O–H groups in total. The van der Waals surface area contributed by atoms with Gasteiger partial charge in [-0.25, -0.2) is 0 Å². The van der Waals surface area contributed by atoms with Crippen molar-refractivity contribution in [1.29, 1.82) is 0 Å². The van der Waals surface area contributed by atoms with E-state index in [-0.39, 0.29) is 24.8 Å². The average molecular weight is 406 g/mol. The molecule has 0 unspecified atom stereocenters. The summed E-state index contributed by atoms with van der Waals surface area (Å²) in [5.41, 5.74) is 4.57. The van der Waals surface area contributed by atoms with Crippen molar-refractivity contribution in [2.24, 2.45) is 0 Å². The molecule has 1 aliphatic heterocycles. The van der Waals surface area contributed by atoms with Crippen LogP contribution in [-0.2, 0) is 16.0 Å². The molecule has 156 valence electrons. The van der Waals surface area contributed by atoms with Crippen LogP contribution in [0.4, 0.5) is 5.69 Å². The summed E-state index contributed by atoms with van der Waals surface area (Å²) in [7, 11) is 0. The molecule has 1 aliphatic rings. The topological polar surface area (TPSA) is 71.8 Å². The van der Waals surface area contributed by atoms with Crippen LogP contribution in [0.15, 0.2) is 47.1 Å². The quantitative estimate of drug-likeness (QED) is 0.697. The Bertz CT molecular complexity index is 1100. The number of aryl methyl sites for hydroxylation is 2. The summed E-state index contributed by atoms with van der Waals surface area (Å²) in [6.45, 7) is 6.81. The number of fused-ring (bicyclic) bond motifs is 2. The van der Waals surface area contributed by atoms with Gasteiger partial charge in [0.05, 0.1) is 24.9 Å². The minimum Gasteiger partial charge on any atom is -0.477 e. The predicted octanol–water partition coefficient (Wildman–Crippen LogP) is 3.91. The van der Waals surface area contributed by atoms with Gasteiger partial charge in [0.25, 0.3) is 5.91 Å². The second-order valence-corrected chi connectivity index (χ2v) is 7.69. The Kier molecular flexibility index (Phi) is 5.48. The number of hydrogen-bond donors (Lipinski definition) is 1. The van der Waals surface area contributed by atoms with Crippen molar-refractivity contribution in [3.8, 4) is 5.75 Å². The number of para-hydroxylation sites is 2. The van der Waals surface area contributed by atoms with Crippen molar-refractivity contribution in [2.45, 2.75) is 39.7 Å². The molecule has 1 atom stereocenters. The molecule has 0 radical (unpaired) electrons. The molecule has 0 spiro atoms. The van der Waals surface area contributed by atoms with E-state index < -0.39 is 6.10 Å². The first-order chi connectivity index (χ1) is 14.5. The SMILES string of the molecule is CCCNC(=O)[C@H]1CN(C(=O)Cc2coc3c(C)c(C)ccc23)c2ccccc2O1. The van der Waals surface area contributed by atoms with Crippen molar-refractivity contribution >= 4 is 28.5 Å². The molecule has 0 fully saturated rings. The van der Waals surface area contributed by atoms with Gasteiger partial charge in [0.1, 0.15) is 11.3 Å². The fourth-order valence-electron chi connectivity index (χ4n) is 3.75. The summed E-state index contributed by atoms with van der Waals surface area (Å²) >= 11 is 0. The highest BCUT2D eigenvalue weighted by atomic mass is 16.5. The van der Waals surface area contributed by atoms with Gasteiger partial charge in [0.2, 0.25) is 5.91 Å². The second kappa shape index (κ2) is 8.22. The second-order valence-electron chi connectivity index (χ2n) is 7.69. The fourth-order valence-corrected chi connectivity index (χ4v) is 3.75. The molecule has 2 heterocycles. The standard InChI is InChI=1S/C24H26N2O4/c1-4-11-25-24(28)21-13-26(19-7-5-6-8-20(19)30-21)22(27)12-17-14-29-23-16(3)15(2)9-10-18(17)23/h5-10,14,21H,4,11-13H2,1-3H3,(H,25,28)/t21-/m1/s1. The molecule has 0 saturated heterocycles. The normalized spacial score (nSPS) is 15.6. The van der Waals surface area contributed by atoms with Crippen LogP contribution in [0.5, 0.6) is 5.75 Å². The summed E-state index contributed by atoms with van der Waals surface area (Å²) in [5, 5.41) is 3.81. The van der Waals surface area contributed by atoms with Crippen molar-refractivity contribution in [3.05, 3.63) is 59.4 Å². The molecule has 3 aromatic rings. The molecular formula is C24H26N2O4. The molecule has 6 nitrogen and oxygen atoms in total. The Morgan fingerprint density at radius 2 is 1.97 bits per heavy atom. The summed E-state index contributed by atoms with van der Waals surface area (Å²) in [6.07, 6.45) is 1.95. The number of nitrogens with zero attached hydrogens (tertiary/aromatic N) is 1. The van der Waals surface area contributed by atoms with Crippen molar-refractivity contribution in [2.75, 3.05) is 18.0 Å². The van der Waals surface area contributed by atoms with E-state index in [1.165, 1.54) is 0 Å². The Labute approximate surface area is 175 Å². The van der Waals surface area contributed by atoms with Gasteiger partial charge in [-0.15, -0.1) is 0 Å². The van der Waals surface area contributed by atoms with Crippen LogP contribution in [0.2, 0.25) is 0 Å². The third-order valence-electron chi connectivity index (χ3n) is 5.60. The van der Waals surface area contributed by atoms with Gasteiger partial charge in [-0.2, -0.15) is 0 Å². The van der Waals surface area contributed by atoms with Gasteiger partial charge in [-0.05, 0) is 43.5 Å². The van der Waals surface area contributed by atoms with Gasteiger partial charge in [-0.1, -0.05) is 31.2 Å². The molecular weight excluding hydrogens is 380 g/mol. The Balaban J connectivity index is 1.61.